The zero-order valence-electron chi connectivity index (χ0n) is 10.4. The summed E-state index contributed by atoms with van der Waals surface area (Å²) in [5.74, 6) is -0.714. The van der Waals surface area contributed by atoms with Crippen molar-refractivity contribution in [3.8, 4) is 0 Å². The minimum atomic E-state index is -1.10. The van der Waals surface area contributed by atoms with Gasteiger partial charge in [-0.15, -0.1) is 0 Å². The van der Waals surface area contributed by atoms with Gasteiger partial charge in [-0.25, -0.2) is 4.79 Å². The third-order valence-corrected chi connectivity index (χ3v) is 3.77. The molecule has 1 aromatic rings. The number of benzene rings is 1. The molecule has 0 aliphatic rings. The fraction of sp³-hybridized carbons (Fsp3) is 0.333. The fourth-order valence-electron chi connectivity index (χ4n) is 1.42. The number of halogens is 1. The van der Waals surface area contributed by atoms with Crippen LogP contribution in [0.4, 0.5) is 5.69 Å². The van der Waals surface area contributed by atoms with Crippen molar-refractivity contribution in [1.82, 2.24) is 0 Å². The second-order valence-corrected chi connectivity index (χ2v) is 5.68. The highest BCUT2D eigenvalue weighted by atomic mass is 79.9. The highest BCUT2D eigenvalue weighted by Crippen LogP contribution is 2.26. The van der Waals surface area contributed by atoms with Crippen LogP contribution in [0.5, 0.6) is 0 Å². The number of hydrogen-bond donors (Lipinski definition) is 3. The lowest BCUT2D eigenvalue weighted by Crippen LogP contribution is -2.36. The van der Waals surface area contributed by atoms with Crippen LogP contribution in [-0.2, 0) is 4.79 Å². The van der Waals surface area contributed by atoms with Crippen molar-refractivity contribution in [2.75, 3.05) is 17.3 Å². The molecular formula is C12H15BrN2O3S. The number of rotatable bonds is 6. The van der Waals surface area contributed by atoms with E-state index in [2.05, 4.69) is 21.2 Å². The van der Waals surface area contributed by atoms with Crippen molar-refractivity contribution in [1.29, 1.82) is 0 Å². The zero-order valence-corrected chi connectivity index (χ0v) is 12.8. The molecule has 0 saturated carbocycles. The third-order valence-electron chi connectivity index (χ3n) is 2.46. The Morgan fingerprint density at radius 2 is 2.21 bits per heavy atom. The third kappa shape index (κ3) is 4.52. The number of thioether (sulfide) groups is 1. The van der Waals surface area contributed by atoms with Gasteiger partial charge in [0, 0.05) is 4.47 Å². The normalized spacial score (nSPS) is 11.9. The molecule has 0 bridgehead atoms. The molecule has 5 nitrogen and oxygen atoms in total. The summed E-state index contributed by atoms with van der Waals surface area (Å²) in [6.07, 6.45) is 2.47. The number of carboxylic acid groups (broad SMARTS) is 1. The van der Waals surface area contributed by atoms with Gasteiger partial charge in [-0.3, -0.25) is 4.79 Å². The molecule has 1 atom stereocenters. The van der Waals surface area contributed by atoms with Gasteiger partial charge >= 0.3 is 5.97 Å². The van der Waals surface area contributed by atoms with E-state index in [9.17, 15) is 9.59 Å². The predicted octanol–water partition coefficient (Wildman–Crippen LogP) is 2.17. The summed E-state index contributed by atoms with van der Waals surface area (Å²) in [6, 6.07) is 4.03. The molecule has 0 aliphatic heterocycles. The summed E-state index contributed by atoms with van der Waals surface area (Å²) >= 11 is 4.82. The summed E-state index contributed by atoms with van der Waals surface area (Å²) < 4.78 is 0.512. The molecule has 0 saturated heterocycles. The lowest BCUT2D eigenvalue weighted by Gasteiger charge is -2.14. The first kappa shape index (κ1) is 16.0. The van der Waals surface area contributed by atoms with Gasteiger partial charge in [-0.1, -0.05) is 6.07 Å². The van der Waals surface area contributed by atoms with Crippen LogP contribution in [0.3, 0.4) is 0 Å². The van der Waals surface area contributed by atoms with Gasteiger partial charge < -0.3 is 16.2 Å². The Hall–Kier alpha value is -1.05. The van der Waals surface area contributed by atoms with E-state index >= 15 is 0 Å². The SMILES string of the molecule is CSCC[C@@H](N)C(=O)Nc1c(Br)cccc1C(=O)O. The summed E-state index contributed by atoms with van der Waals surface area (Å²) in [5, 5.41) is 11.6. The van der Waals surface area contributed by atoms with Crippen molar-refractivity contribution in [2.45, 2.75) is 12.5 Å². The van der Waals surface area contributed by atoms with Gasteiger partial charge in [0.2, 0.25) is 5.91 Å². The second-order valence-electron chi connectivity index (χ2n) is 3.84. The maximum atomic E-state index is 11.9. The lowest BCUT2D eigenvalue weighted by molar-refractivity contribution is -0.117. The quantitative estimate of drug-likeness (QED) is 0.733. The Bertz CT molecular complexity index is 482. The Balaban J connectivity index is 2.87. The minimum absolute atomic E-state index is 0.0276. The van der Waals surface area contributed by atoms with E-state index in [0.29, 0.717) is 10.9 Å². The van der Waals surface area contributed by atoms with Crippen molar-refractivity contribution in [3.05, 3.63) is 28.2 Å². The van der Waals surface area contributed by atoms with Gasteiger partial charge in [-0.05, 0) is 46.5 Å². The molecule has 19 heavy (non-hydrogen) atoms. The van der Waals surface area contributed by atoms with Crippen LogP contribution >= 0.6 is 27.7 Å². The van der Waals surface area contributed by atoms with Crippen LogP contribution in [0.25, 0.3) is 0 Å². The summed E-state index contributed by atoms with van der Waals surface area (Å²) in [5.41, 5.74) is 6.00. The Labute approximate surface area is 124 Å². The van der Waals surface area contributed by atoms with E-state index in [1.807, 2.05) is 6.26 Å². The highest BCUT2D eigenvalue weighted by molar-refractivity contribution is 9.10. The molecule has 0 radical (unpaired) electrons. The van der Waals surface area contributed by atoms with E-state index < -0.39 is 12.0 Å². The Morgan fingerprint density at radius 3 is 2.79 bits per heavy atom. The van der Waals surface area contributed by atoms with Crippen LogP contribution in [0.15, 0.2) is 22.7 Å². The number of amides is 1. The van der Waals surface area contributed by atoms with E-state index in [0.717, 1.165) is 5.75 Å². The molecule has 1 aromatic carbocycles. The number of carbonyl (C=O) groups is 2. The number of hydrogen-bond acceptors (Lipinski definition) is 4. The van der Waals surface area contributed by atoms with E-state index in [1.165, 1.54) is 6.07 Å². The van der Waals surface area contributed by atoms with Crippen LogP contribution in [0.1, 0.15) is 16.8 Å². The monoisotopic (exact) mass is 346 g/mol. The first-order valence-electron chi connectivity index (χ1n) is 5.54. The van der Waals surface area contributed by atoms with Crippen molar-refractivity contribution < 1.29 is 14.7 Å². The fourth-order valence-corrected chi connectivity index (χ4v) is 2.38. The Morgan fingerprint density at radius 1 is 1.53 bits per heavy atom. The first-order chi connectivity index (χ1) is 8.97. The number of aromatic carboxylic acids is 1. The van der Waals surface area contributed by atoms with E-state index in [-0.39, 0.29) is 17.2 Å². The second kappa shape index (κ2) is 7.52. The average molecular weight is 347 g/mol. The topological polar surface area (TPSA) is 92.4 Å². The lowest BCUT2D eigenvalue weighted by atomic mass is 10.1. The molecule has 0 fully saturated rings. The Kier molecular flexibility index (Phi) is 6.33. The smallest absolute Gasteiger partial charge is 0.337 e. The molecule has 104 valence electrons. The maximum absolute atomic E-state index is 11.9. The minimum Gasteiger partial charge on any atom is -0.478 e. The largest absolute Gasteiger partial charge is 0.478 e. The van der Waals surface area contributed by atoms with Crippen LogP contribution in [-0.4, -0.2) is 35.0 Å². The number of carboxylic acids is 1. The van der Waals surface area contributed by atoms with Crippen LogP contribution in [0.2, 0.25) is 0 Å². The van der Waals surface area contributed by atoms with Crippen LogP contribution in [0, 0.1) is 0 Å². The van der Waals surface area contributed by atoms with E-state index in [1.54, 1.807) is 23.9 Å². The summed E-state index contributed by atoms with van der Waals surface area (Å²) in [4.78, 5) is 23.0. The molecule has 4 N–H and O–H groups in total. The van der Waals surface area contributed by atoms with E-state index in [4.69, 9.17) is 10.8 Å². The number of nitrogens with one attached hydrogen (secondary N) is 1. The van der Waals surface area contributed by atoms with Crippen molar-refractivity contribution >= 4 is 45.3 Å². The van der Waals surface area contributed by atoms with Crippen molar-refractivity contribution in [2.24, 2.45) is 5.73 Å². The molecular weight excluding hydrogens is 332 g/mol. The maximum Gasteiger partial charge on any atom is 0.337 e. The molecule has 0 spiro atoms. The molecule has 7 heteroatoms. The molecule has 0 aliphatic carbocycles. The number of anilines is 1. The molecule has 0 heterocycles. The molecule has 0 unspecified atom stereocenters. The number of carbonyl (C=O) groups excluding carboxylic acids is 1. The zero-order chi connectivity index (χ0) is 14.4. The number of nitrogens with two attached hydrogens (primary N) is 1. The van der Waals surface area contributed by atoms with Gasteiger partial charge in [-0.2, -0.15) is 11.8 Å². The first-order valence-corrected chi connectivity index (χ1v) is 7.73. The van der Waals surface area contributed by atoms with Crippen molar-refractivity contribution in [3.63, 3.8) is 0 Å². The summed E-state index contributed by atoms with van der Waals surface area (Å²) in [6.45, 7) is 0. The standard InChI is InChI=1S/C12H15BrN2O3S/c1-19-6-5-9(14)11(16)15-10-7(12(17)18)3-2-4-8(10)13/h2-4,9H,5-6,14H2,1H3,(H,15,16)(H,17,18)/t9-/m1/s1. The number of para-hydroxylation sites is 1. The molecule has 0 aromatic heterocycles. The molecule has 1 rings (SSSR count). The summed E-state index contributed by atoms with van der Waals surface area (Å²) in [7, 11) is 0. The van der Waals surface area contributed by atoms with Gasteiger partial charge in [0.25, 0.3) is 0 Å². The van der Waals surface area contributed by atoms with Gasteiger partial charge in [0.05, 0.1) is 17.3 Å². The predicted molar refractivity (Wildman–Crippen MR) is 80.7 cm³/mol. The average Bonchev–Trinajstić information content (AvgIpc) is 2.37. The molecule has 1 amide bonds. The van der Waals surface area contributed by atoms with Gasteiger partial charge in [0.1, 0.15) is 0 Å². The van der Waals surface area contributed by atoms with Crippen LogP contribution < -0.4 is 11.1 Å². The highest BCUT2D eigenvalue weighted by Gasteiger charge is 2.18. The van der Waals surface area contributed by atoms with Gasteiger partial charge in [0.15, 0.2) is 0 Å².